The molecule has 0 saturated heterocycles. The van der Waals surface area contributed by atoms with Crippen molar-refractivity contribution in [2.75, 3.05) is 7.05 Å². The van der Waals surface area contributed by atoms with E-state index in [-0.39, 0.29) is 0 Å². The normalized spacial score (nSPS) is 12.7. The first kappa shape index (κ1) is 13.8. The maximum atomic E-state index is 4.47. The van der Waals surface area contributed by atoms with Crippen LogP contribution < -0.4 is 5.32 Å². The number of benzene rings is 2. The van der Waals surface area contributed by atoms with Crippen molar-refractivity contribution in [3.05, 3.63) is 66.0 Å². The molecule has 0 aliphatic carbocycles. The van der Waals surface area contributed by atoms with Crippen LogP contribution in [0.5, 0.6) is 0 Å². The average molecular weight is 279 g/mol. The predicted molar refractivity (Wildman–Crippen MR) is 87.5 cm³/mol. The van der Waals surface area contributed by atoms with Crippen molar-refractivity contribution >= 4 is 11.0 Å². The second kappa shape index (κ2) is 6.10. The summed E-state index contributed by atoms with van der Waals surface area (Å²) < 4.78 is 2.23. The lowest BCUT2D eigenvalue weighted by Gasteiger charge is -2.18. The van der Waals surface area contributed by atoms with Gasteiger partial charge in [0.2, 0.25) is 0 Å². The molecule has 108 valence electrons. The maximum Gasteiger partial charge on any atom is 0.0958 e. The molecule has 1 heterocycles. The molecular formula is C18H21N3. The van der Waals surface area contributed by atoms with Gasteiger partial charge in [0.25, 0.3) is 0 Å². The van der Waals surface area contributed by atoms with Crippen LogP contribution in [0.2, 0.25) is 0 Å². The zero-order valence-corrected chi connectivity index (χ0v) is 12.6. The molecule has 3 rings (SSSR count). The van der Waals surface area contributed by atoms with Crippen molar-refractivity contribution in [3.8, 4) is 0 Å². The van der Waals surface area contributed by atoms with E-state index >= 15 is 0 Å². The first-order valence-corrected chi connectivity index (χ1v) is 7.39. The van der Waals surface area contributed by atoms with Gasteiger partial charge in [0.05, 0.1) is 17.4 Å². The van der Waals surface area contributed by atoms with Gasteiger partial charge in [0.1, 0.15) is 0 Å². The monoisotopic (exact) mass is 279 g/mol. The number of imidazole rings is 1. The summed E-state index contributed by atoms with van der Waals surface area (Å²) in [6.07, 6.45) is 2.96. The molecule has 0 fully saturated rings. The summed E-state index contributed by atoms with van der Waals surface area (Å²) >= 11 is 0. The number of hydrogen-bond donors (Lipinski definition) is 1. The van der Waals surface area contributed by atoms with E-state index in [2.05, 4.69) is 64.3 Å². The Morgan fingerprint density at radius 2 is 1.86 bits per heavy atom. The van der Waals surface area contributed by atoms with Gasteiger partial charge in [-0.3, -0.25) is 0 Å². The smallest absolute Gasteiger partial charge is 0.0958 e. The second-order valence-corrected chi connectivity index (χ2v) is 5.50. The Morgan fingerprint density at radius 1 is 1.10 bits per heavy atom. The van der Waals surface area contributed by atoms with Gasteiger partial charge in [-0.15, -0.1) is 0 Å². The van der Waals surface area contributed by atoms with Crippen LogP contribution in [0.3, 0.4) is 0 Å². The minimum Gasteiger partial charge on any atom is -0.329 e. The van der Waals surface area contributed by atoms with Crippen molar-refractivity contribution in [1.82, 2.24) is 14.9 Å². The highest BCUT2D eigenvalue weighted by Gasteiger charge is 2.11. The predicted octanol–water partition coefficient (Wildman–Crippen LogP) is 3.18. The summed E-state index contributed by atoms with van der Waals surface area (Å²) in [4.78, 5) is 4.47. The number of nitrogens with one attached hydrogen (secondary N) is 1. The average Bonchev–Trinajstić information content (AvgIpc) is 2.92. The standard InChI is InChI=1S/C18H21N3/c1-14-7-3-4-8-15(14)11-16(19-2)12-21-13-20-17-9-5-6-10-18(17)21/h3-10,13,16,19H,11-12H2,1-2H3. The molecule has 0 saturated carbocycles. The van der Waals surface area contributed by atoms with Crippen LogP contribution in [0.1, 0.15) is 11.1 Å². The third-order valence-corrected chi connectivity index (χ3v) is 4.08. The largest absolute Gasteiger partial charge is 0.329 e. The summed E-state index contributed by atoms with van der Waals surface area (Å²) in [5.74, 6) is 0. The summed E-state index contributed by atoms with van der Waals surface area (Å²) in [5, 5.41) is 3.43. The van der Waals surface area contributed by atoms with E-state index < -0.39 is 0 Å². The van der Waals surface area contributed by atoms with Gasteiger partial charge < -0.3 is 9.88 Å². The molecule has 1 atom stereocenters. The maximum absolute atomic E-state index is 4.47. The minimum atomic E-state index is 0.392. The molecule has 0 aliphatic rings. The number of fused-ring (bicyclic) bond motifs is 1. The molecule has 21 heavy (non-hydrogen) atoms. The molecule has 0 amide bonds. The highest BCUT2D eigenvalue weighted by Crippen LogP contribution is 2.15. The molecule has 1 aromatic heterocycles. The van der Waals surface area contributed by atoms with Crippen molar-refractivity contribution in [2.45, 2.75) is 25.9 Å². The number of nitrogens with zero attached hydrogens (tertiary/aromatic N) is 2. The first-order valence-electron chi connectivity index (χ1n) is 7.39. The van der Waals surface area contributed by atoms with E-state index in [1.54, 1.807) is 0 Å². The zero-order chi connectivity index (χ0) is 14.7. The van der Waals surface area contributed by atoms with Crippen LogP contribution in [0.25, 0.3) is 11.0 Å². The Labute approximate surface area is 125 Å². The number of aryl methyl sites for hydroxylation is 1. The molecule has 1 N–H and O–H groups in total. The summed E-state index contributed by atoms with van der Waals surface area (Å²) in [6.45, 7) is 3.10. The van der Waals surface area contributed by atoms with Gasteiger partial charge in [0.15, 0.2) is 0 Å². The number of aromatic nitrogens is 2. The molecule has 3 heteroatoms. The van der Waals surface area contributed by atoms with Gasteiger partial charge >= 0.3 is 0 Å². The highest BCUT2D eigenvalue weighted by atomic mass is 15.1. The molecule has 0 spiro atoms. The van der Waals surface area contributed by atoms with Crippen molar-refractivity contribution in [2.24, 2.45) is 0 Å². The Kier molecular flexibility index (Phi) is 4.02. The lowest BCUT2D eigenvalue weighted by Crippen LogP contribution is -2.32. The van der Waals surface area contributed by atoms with Gasteiger partial charge in [-0.1, -0.05) is 36.4 Å². The number of para-hydroxylation sites is 2. The third kappa shape index (κ3) is 2.98. The van der Waals surface area contributed by atoms with Crippen LogP contribution in [0.15, 0.2) is 54.9 Å². The molecular weight excluding hydrogens is 258 g/mol. The Hall–Kier alpha value is -2.13. The van der Waals surface area contributed by atoms with Gasteiger partial charge in [-0.2, -0.15) is 0 Å². The summed E-state index contributed by atoms with van der Waals surface area (Å²) in [6, 6.07) is 17.3. The van der Waals surface area contributed by atoms with Crippen LogP contribution in [0, 0.1) is 6.92 Å². The SMILES string of the molecule is CNC(Cc1ccccc1C)Cn1cnc2ccccc21. The van der Waals surface area contributed by atoms with Gasteiger partial charge in [0, 0.05) is 12.6 Å². The fourth-order valence-electron chi connectivity index (χ4n) is 2.76. The molecule has 0 bridgehead atoms. The van der Waals surface area contributed by atoms with Gasteiger partial charge in [-0.05, 0) is 43.7 Å². The fourth-order valence-corrected chi connectivity index (χ4v) is 2.76. The molecule has 1 unspecified atom stereocenters. The second-order valence-electron chi connectivity index (χ2n) is 5.50. The third-order valence-electron chi connectivity index (χ3n) is 4.08. The van der Waals surface area contributed by atoms with E-state index in [0.29, 0.717) is 6.04 Å². The lowest BCUT2D eigenvalue weighted by atomic mass is 10.0. The van der Waals surface area contributed by atoms with E-state index in [1.807, 2.05) is 19.4 Å². The summed E-state index contributed by atoms with van der Waals surface area (Å²) in [5.41, 5.74) is 5.01. The van der Waals surface area contributed by atoms with E-state index in [1.165, 1.54) is 16.6 Å². The summed E-state index contributed by atoms with van der Waals surface area (Å²) in [7, 11) is 2.03. The van der Waals surface area contributed by atoms with Crippen molar-refractivity contribution in [3.63, 3.8) is 0 Å². The minimum absolute atomic E-state index is 0.392. The van der Waals surface area contributed by atoms with Crippen LogP contribution >= 0.6 is 0 Å². The topological polar surface area (TPSA) is 29.9 Å². The highest BCUT2D eigenvalue weighted by molar-refractivity contribution is 5.74. The Bertz CT molecular complexity index is 730. The molecule has 0 radical (unpaired) electrons. The molecule has 2 aromatic carbocycles. The van der Waals surface area contributed by atoms with E-state index in [4.69, 9.17) is 0 Å². The van der Waals surface area contributed by atoms with E-state index in [0.717, 1.165) is 18.5 Å². The number of hydrogen-bond acceptors (Lipinski definition) is 2. The number of rotatable bonds is 5. The first-order chi connectivity index (χ1) is 10.3. The van der Waals surface area contributed by atoms with Gasteiger partial charge in [-0.25, -0.2) is 4.98 Å². The number of likely N-dealkylation sites (N-methyl/N-ethyl adjacent to an activating group) is 1. The van der Waals surface area contributed by atoms with Crippen LogP contribution in [-0.4, -0.2) is 22.6 Å². The zero-order valence-electron chi connectivity index (χ0n) is 12.6. The Morgan fingerprint density at radius 3 is 2.67 bits per heavy atom. The molecule has 3 nitrogen and oxygen atoms in total. The van der Waals surface area contributed by atoms with Crippen molar-refractivity contribution in [1.29, 1.82) is 0 Å². The van der Waals surface area contributed by atoms with Crippen LogP contribution in [0.4, 0.5) is 0 Å². The molecule has 0 aliphatic heterocycles. The molecule has 3 aromatic rings. The fraction of sp³-hybridized carbons (Fsp3) is 0.278. The van der Waals surface area contributed by atoms with Crippen molar-refractivity contribution < 1.29 is 0 Å². The van der Waals surface area contributed by atoms with E-state index in [9.17, 15) is 0 Å². The van der Waals surface area contributed by atoms with Crippen LogP contribution in [-0.2, 0) is 13.0 Å². The quantitative estimate of drug-likeness (QED) is 0.777. The Balaban J connectivity index is 1.80. The lowest BCUT2D eigenvalue weighted by molar-refractivity contribution is 0.484.